The minimum atomic E-state index is -0.681. The standard InChI is InChI=1S/C11H20N2O2/c1-2-6-12-11(10(14)15)5-7-13(8-11)9-3-4-9/h9,12H,2-8H2,1H3,(H,14,15). The molecule has 1 saturated heterocycles. The Hall–Kier alpha value is -0.610. The van der Waals surface area contributed by atoms with Gasteiger partial charge in [0.15, 0.2) is 0 Å². The van der Waals surface area contributed by atoms with Gasteiger partial charge in [0.05, 0.1) is 0 Å². The van der Waals surface area contributed by atoms with E-state index >= 15 is 0 Å². The van der Waals surface area contributed by atoms with Gasteiger partial charge in [-0.25, -0.2) is 0 Å². The van der Waals surface area contributed by atoms with Gasteiger partial charge in [0.1, 0.15) is 5.54 Å². The first-order valence-corrected chi connectivity index (χ1v) is 5.90. The van der Waals surface area contributed by atoms with Gasteiger partial charge in [-0.2, -0.15) is 0 Å². The molecule has 1 heterocycles. The molecule has 0 aromatic rings. The molecule has 86 valence electrons. The molecule has 2 N–H and O–H groups in total. The van der Waals surface area contributed by atoms with Crippen molar-refractivity contribution in [2.75, 3.05) is 19.6 Å². The van der Waals surface area contributed by atoms with Crippen LogP contribution in [0.1, 0.15) is 32.6 Å². The van der Waals surface area contributed by atoms with Crippen molar-refractivity contribution in [1.29, 1.82) is 0 Å². The molecule has 2 aliphatic rings. The molecule has 1 saturated carbocycles. The van der Waals surface area contributed by atoms with Crippen LogP contribution in [0.4, 0.5) is 0 Å². The summed E-state index contributed by atoms with van der Waals surface area (Å²) in [6, 6.07) is 0.676. The number of likely N-dealkylation sites (tertiary alicyclic amines) is 1. The molecule has 1 unspecified atom stereocenters. The summed E-state index contributed by atoms with van der Waals surface area (Å²) in [5, 5.41) is 12.5. The molecule has 1 atom stereocenters. The van der Waals surface area contributed by atoms with Gasteiger partial charge in [0, 0.05) is 19.1 Å². The Morgan fingerprint density at radius 2 is 2.33 bits per heavy atom. The van der Waals surface area contributed by atoms with E-state index in [1.54, 1.807) is 0 Å². The number of carbonyl (C=O) groups is 1. The van der Waals surface area contributed by atoms with E-state index < -0.39 is 11.5 Å². The number of carboxylic acid groups (broad SMARTS) is 1. The zero-order valence-corrected chi connectivity index (χ0v) is 9.33. The molecule has 0 bridgehead atoms. The quantitative estimate of drug-likeness (QED) is 0.703. The maximum atomic E-state index is 11.3. The molecule has 0 aromatic heterocycles. The van der Waals surface area contributed by atoms with Crippen molar-refractivity contribution >= 4 is 5.97 Å². The smallest absolute Gasteiger partial charge is 0.325 e. The molecular weight excluding hydrogens is 192 g/mol. The van der Waals surface area contributed by atoms with E-state index in [4.69, 9.17) is 0 Å². The SMILES string of the molecule is CCCNC1(C(=O)O)CCN(C2CC2)C1. The Kier molecular flexibility index (Phi) is 2.98. The number of nitrogens with zero attached hydrogens (tertiary/aromatic N) is 1. The summed E-state index contributed by atoms with van der Waals surface area (Å²) < 4.78 is 0. The fraction of sp³-hybridized carbons (Fsp3) is 0.909. The topological polar surface area (TPSA) is 52.6 Å². The summed E-state index contributed by atoms with van der Waals surface area (Å²) in [5.41, 5.74) is -0.668. The van der Waals surface area contributed by atoms with E-state index in [0.29, 0.717) is 12.6 Å². The predicted molar refractivity (Wildman–Crippen MR) is 57.9 cm³/mol. The first-order valence-electron chi connectivity index (χ1n) is 5.90. The third-order valence-corrected chi connectivity index (χ3v) is 3.48. The first kappa shape index (κ1) is 10.9. The van der Waals surface area contributed by atoms with Crippen molar-refractivity contribution in [1.82, 2.24) is 10.2 Å². The summed E-state index contributed by atoms with van der Waals surface area (Å²) in [4.78, 5) is 13.7. The fourth-order valence-corrected chi connectivity index (χ4v) is 2.35. The number of nitrogens with one attached hydrogen (secondary N) is 1. The summed E-state index contributed by atoms with van der Waals surface area (Å²) in [7, 11) is 0. The number of hydrogen-bond acceptors (Lipinski definition) is 3. The van der Waals surface area contributed by atoms with Crippen molar-refractivity contribution in [3.8, 4) is 0 Å². The van der Waals surface area contributed by atoms with Gasteiger partial charge in [0.2, 0.25) is 0 Å². The molecule has 0 amide bonds. The van der Waals surface area contributed by atoms with Gasteiger partial charge in [-0.3, -0.25) is 9.69 Å². The Labute approximate surface area is 90.6 Å². The van der Waals surface area contributed by atoms with Gasteiger partial charge < -0.3 is 10.4 Å². The molecule has 1 aliphatic heterocycles. The van der Waals surface area contributed by atoms with Crippen LogP contribution in [0.5, 0.6) is 0 Å². The predicted octanol–water partition coefficient (Wildman–Crippen LogP) is 0.677. The summed E-state index contributed by atoms with van der Waals surface area (Å²) >= 11 is 0. The lowest BCUT2D eigenvalue weighted by molar-refractivity contribution is -0.144. The molecule has 0 aromatic carbocycles. The average molecular weight is 212 g/mol. The second-order valence-electron chi connectivity index (χ2n) is 4.77. The summed E-state index contributed by atoms with van der Waals surface area (Å²) in [6.07, 6.45) is 4.24. The second-order valence-corrected chi connectivity index (χ2v) is 4.77. The Morgan fingerprint density at radius 1 is 1.60 bits per heavy atom. The van der Waals surface area contributed by atoms with Crippen LogP contribution in [-0.2, 0) is 4.79 Å². The zero-order valence-electron chi connectivity index (χ0n) is 9.33. The molecule has 2 fully saturated rings. The van der Waals surface area contributed by atoms with Gasteiger partial charge in [-0.05, 0) is 32.2 Å². The molecule has 15 heavy (non-hydrogen) atoms. The Morgan fingerprint density at radius 3 is 2.87 bits per heavy atom. The first-order chi connectivity index (χ1) is 7.18. The molecule has 0 radical (unpaired) electrons. The van der Waals surface area contributed by atoms with Crippen LogP contribution in [0.3, 0.4) is 0 Å². The van der Waals surface area contributed by atoms with Crippen molar-refractivity contribution in [3.63, 3.8) is 0 Å². The van der Waals surface area contributed by atoms with Crippen LogP contribution in [0.15, 0.2) is 0 Å². The minimum Gasteiger partial charge on any atom is -0.480 e. The third kappa shape index (κ3) is 2.16. The van der Waals surface area contributed by atoms with E-state index in [1.165, 1.54) is 12.8 Å². The Balaban J connectivity index is 1.97. The van der Waals surface area contributed by atoms with Crippen LogP contribution in [0.25, 0.3) is 0 Å². The van der Waals surface area contributed by atoms with Crippen LogP contribution >= 0.6 is 0 Å². The number of carboxylic acids is 1. The molecule has 1 aliphatic carbocycles. The molecule has 2 rings (SSSR count). The van der Waals surface area contributed by atoms with E-state index in [2.05, 4.69) is 17.1 Å². The average Bonchev–Trinajstić information content (AvgIpc) is 2.97. The van der Waals surface area contributed by atoms with Gasteiger partial charge in [-0.15, -0.1) is 0 Å². The molecular formula is C11H20N2O2. The van der Waals surface area contributed by atoms with E-state index in [9.17, 15) is 9.90 Å². The van der Waals surface area contributed by atoms with Crippen LogP contribution in [0.2, 0.25) is 0 Å². The normalized spacial score (nSPS) is 32.1. The number of rotatable bonds is 5. The molecule has 0 spiro atoms. The van der Waals surface area contributed by atoms with Gasteiger partial charge in [0.25, 0.3) is 0 Å². The largest absolute Gasteiger partial charge is 0.480 e. The maximum absolute atomic E-state index is 11.3. The number of aliphatic carboxylic acids is 1. The highest BCUT2D eigenvalue weighted by molar-refractivity contribution is 5.79. The lowest BCUT2D eigenvalue weighted by Gasteiger charge is -2.26. The Bertz CT molecular complexity index is 253. The van der Waals surface area contributed by atoms with Gasteiger partial charge in [-0.1, -0.05) is 6.92 Å². The van der Waals surface area contributed by atoms with Crippen molar-refractivity contribution in [2.24, 2.45) is 0 Å². The summed E-state index contributed by atoms with van der Waals surface area (Å²) in [5.74, 6) is -0.681. The van der Waals surface area contributed by atoms with Crippen LogP contribution in [-0.4, -0.2) is 47.2 Å². The summed E-state index contributed by atoms with van der Waals surface area (Å²) in [6.45, 7) is 4.49. The zero-order chi connectivity index (χ0) is 10.9. The second kappa shape index (κ2) is 4.10. The van der Waals surface area contributed by atoms with Crippen LogP contribution < -0.4 is 5.32 Å². The maximum Gasteiger partial charge on any atom is 0.325 e. The minimum absolute atomic E-state index is 0.668. The van der Waals surface area contributed by atoms with Crippen molar-refractivity contribution in [2.45, 2.75) is 44.2 Å². The monoisotopic (exact) mass is 212 g/mol. The molecule has 4 nitrogen and oxygen atoms in total. The lowest BCUT2D eigenvalue weighted by atomic mass is 9.99. The molecule has 4 heteroatoms. The van der Waals surface area contributed by atoms with E-state index in [1.807, 2.05) is 0 Å². The number of hydrogen-bond donors (Lipinski definition) is 2. The van der Waals surface area contributed by atoms with Crippen molar-refractivity contribution < 1.29 is 9.90 Å². The highest BCUT2D eigenvalue weighted by atomic mass is 16.4. The van der Waals surface area contributed by atoms with E-state index in [0.717, 1.165) is 25.9 Å². The van der Waals surface area contributed by atoms with Crippen molar-refractivity contribution in [3.05, 3.63) is 0 Å². The highest BCUT2D eigenvalue weighted by Gasteiger charge is 2.47. The van der Waals surface area contributed by atoms with Crippen LogP contribution in [0, 0.1) is 0 Å². The fourth-order valence-electron chi connectivity index (χ4n) is 2.35. The highest BCUT2D eigenvalue weighted by Crippen LogP contribution is 2.33. The van der Waals surface area contributed by atoms with Gasteiger partial charge >= 0.3 is 5.97 Å². The van der Waals surface area contributed by atoms with E-state index in [-0.39, 0.29) is 0 Å². The lowest BCUT2D eigenvalue weighted by Crippen LogP contribution is -2.54. The third-order valence-electron chi connectivity index (χ3n) is 3.48.